The Hall–Kier alpha value is -0.860. The molecule has 0 N–H and O–H groups in total. The highest BCUT2D eigenvalue weighted by Gasteiger charge is 2.00. The summed E-state index contributed by atoms with van der Waals surface area (Å²) in [6, 6.07) is 1.79. The van der Waals surface area contributed by atoms with Gasteiger partial charge in [-0.1, -0.05) is 0 Å². The van der Waals surface area contributed by atoms with Crippen molar-refractivity contribution in [3.05, 3.63) is 14.1 Å². The van der Waals surface area contributed by atoms with Crippen LogP contribution in [0.3, 0.4) is 0 Å². The molecule has 0 amide bonds. The predicted molar refractivity (Wildman–Crippen MR) is 37.0 cm³/mol. The van der Waals surface area contributed by atoms with Crippen LogP contribution in [0.2, 0.25) is 4.47 Å². The van der Waals surface area contributed by atoms with Gasteiger partial charge in [0.25, 0.3) is 0 Å². The van der Waals surface area contributed by atoms with Crippen molar-refractivity contribution in [1.29, 1.82) is 5.26 Å². The maximum atomic E-state index is 10.7. The van der Waals surface area contributed by atoms with Crippen molar-refractivity contribution in [1.82, 2.24) is 9.78 Å². The number of nitrogens with zero attached hydrogens (tertiary/aromatic N) is 3. The molecule has 0 aliphatic carbocycles. The van der Waals surface area contributed by atoms with Gasteiger partial charge in [-0.3, -0.25) is 4.79 Å². The largest absolute Gasteiger partial charge is 0.327 e. The normalized spacial score (nSPS) is 9.20. The van der Waals surface area contributed by atoms with E-state index in [2.05, 4.69) is 5.10 Å². The molecule has 0 spiro atoms. The smallest absolute Gasteiger partial charge is 0.255 e. The Balaban J connectivity index is 3.06. The third-order valence-corrected chi connectivity index (χ3v) is 1.74. The second-order valence-corrected chi connectivity index (χ2v) is 2.96. The molecular formula is C4H2ClN3OS. The summed E-state index contributed by atoms with van der Waals surface area (Å²) in [5.74, 6) is 0. The molecule has 0 aromatic carbocycles. The third kappa shape index (κ3) is 1.35. The van der Waals surface area contributed by atoms with Gasteiger partial charge in [0.05, 0.1) is 6.07 Å². The lowest BCUT2D eigenvalue weighted by atomic mass is 10.7. The summed E-state index contributed by atoms with van der Waals surface area (Å²) < 4.78 is 1.19. The summed E-state index contributed by atoms with van der Waals surface area (Å²) in [7, 11) is 0. The number of rotatable bonds is 1. The van der Waals surface area contributed by atoms with Crippen molar-refractivity contribution in [3.8, 4) is 6.07 Å². The van der Waals surface area contributed by atoms with Crippen molar-refractivity contribution < 1.29 is 0 Å². The van der Waals surface area contributed by atoms with E-state index in [4.69, 9.17) is 16.9 Å². The molecule has 6 heteroatoms. The summed E-state index contributed by atoms with van der Waals surface area (Å²) in [6.45, 7) is -0.0396. The van der Waals surface area contributed by atoms with E-state index in [0.29, 0.717) is 0 Å². The van der Waals surface area contributed by atoms with Crippen LogP contribution in [0.4, 0.5) is 0 Å². The molecule has 0 aliphatic rings. The zero-order valence-corrected chi connectivity index (χ0v) is 6.32. The van der Waals surface area contributed by atoms with E-state index in [9.17, 15) is 4.79 Å². The van der Waals surface area contributed by atoms with E-state index >= 15 is 0 Å². The first-order valence-corrected chi connectivity index (χ1v) is 3.54. The number of hydrogen-bond donors (Lipinski definition) is 0. The summed E-state index contributed by atoms with van der Waals surface area (Å²) in [5, 5.41) is 11.7. The molecule has 1 heterocycles. The molecule has 0 atom stereocenters. The van der Waals surface area contributed by atoms with Crippen LogP contribution >= 0.6 is 22.9 Å². The minimum absolute atomic E-state index is 0.0396. The van der Waals surface area contributed by atoms with E-state index in [1.165, 1.54) is 0 Å². The molecule has 52 valence electrons. The molecule has 1 rings (SSSR count). The lowest BCUT2D eigenvalue weighted by Gasteiger charge is -1.83. The van der Waals surface area contributed by atoms with Gasteiger partial charge >= 0.3 is 4.87 Å². The van der Waals surface area contributed by atoms with Gasteiger partial charge in [-0.2, -0.15) is 5.26 Å². The first-order chi connectivity index (χ1) is 4.74. The number of nitriles is 1. The Bertz CT molecular complexity index is 322. The number of hydrogen-bond acceptors (Lipinski definition) is 4. The molecule has 4 nitrogen and oxygen atoms in total. The standard InChI is InChI=1S/C4H2ClN3OS/c5-3-7-8(2-1-6)4(9)10-3/h2H2. The monoisotopic (exact) mass is 175 g/mol. The minimum atomic E-state index is -0.299. The van der Waals surface area contributed by atoms with Gasteiger partial charge in [0, 0.05) is 0 Å². The molecule has 0 fully saturated rings. The molecule has 0 radical (unpaired) electrons. The highest BCUT2D eigenvalue weighted by molar-refractivity contribution is 7.13. The summed E-state index contributed by atoms with van der Waals surface area (Å²) >= 11 is 6.20. The Morgan fingerprint density at radius 2 is 2.60 bits per heavy atom. The van der Waals surface area contributed by atoms with Crippen LogP contribution in [-0.4, -0.2) is 9.78 Å². The Morgan fingerprint density at radius 3 is 3.00 bits per heavy atom. The Kier molecular flexibility index (Phi) is 2.04. The predicted octanol–water partition coefficient (Wildman–Crippen LogP) is 0.482. The fraction of sp³-hybridized carbons (Fsp3) is 0.250. The Morgan fingerprint density at radius 1 is 1.90 bits per heavy atom. The van der Waals surface area contributed by atoms with E-state index < -0.39 is 0 Å². The van der Waals surface area contributed by atoms with Crippen molar-refractivity contribution in [3.63, 3.8) is 0 Å². The van der Waals surface area contributed by atoms with Crippen LogP contribution in [0, 0.1) is 11.3 Å². The summed E-state index contributed by atoms with van der Waals surface area (Å²) in [5.41, 5.74) is 0. The number of halogens is 1. The second-order valence-electron chi connectivity index (χ2n) is 1.44. The van der Waals surface area contributed by atoms with E-state index in [1.54, 1.807) is 6.07 Å². The van der Waals surface area contributed by atoms with Crippen LogP contribution < -0.4 is 4.87 Å². The molecule has 0 bridgehead atoms. The molecule has 1 aromatic heterocycles. The van der Waals surface area contributed by atoms with Gasteiger partial charge in [-0.15, -0.1) is 5.10 Å². The quantitative estimate of drug-likeness (QED) is 0.624. The van der Waals surface area contributed by atoms with Crippen LogP contribution in [0.5, 0.6) is 0 Å². The lowest BCUT2D eigenvalue weighted by molar-refractivity contribution is 0.688. The first kappa shape index (κ1) is 7.25. The van der Waals surface area contributed by atoms with Gasteiger partial charge in [0.1, 0.15) is 6.54 Å². The molecule has 10 heavy (non-hydrogen) atoms. The van der Waals surface area contributed by atoms with E-state index in [1.807, 2.05) is 0 Å². The van der Waals surface area contributed by atoms with Crippen LogP contribution in [0.1, 0.15) is 0 Å². The van der Waals surface area contributed by atoms with Crippen LogP contribution in [0.15, 0.2) is 4.79 Å². The van der Waals surface area contributed by atoms with Gasteiger partial charge < -0.3 is 0 Å². The summed E-state index contributed by atoms with van der Waals surface area (Å²) in [6.07, 6.45) is 0. The minimum Gasteiger partial charge on any atom is -0.255 e. The maximum absolute atomic E-state index is 10.7. The molecule has 0 saturated carbocycles. The lowest BCUT2D eigenvalue weighted by Crippen LogP contribution is -2.13. The van der Waals surface area contributed by atoms with Crippen molar-refractivity contribution in [2.24, 2.45) is 0 Å². The van der Waals surface area contributed by atoms with E-state index in [0.717, 1.165) is 16.0 Å². The fourth-order valence-corrected chi connectivity index (χ4v) is 1.23. The summed E-state index contributed by atoms with van der Waals surface area (Å²) in [4.78, 5) is 10.4. The molecule has 0 unspecified atom stereocenters. The zero-order chi connectivity index (χ0) is 7.56. The molecule has 1 aromatic rings. The molecular weight excluding hydrogens is 174 g/mol. The van der Waals surface area contributed by atoms with Gasteiger partial charge in [0.15, 0.2) is 0 Å². The van der Waals surface area contributed by atoms with Gasteiger partial charge in [-0.05, 0) is 22.9 Å². The average molecular weight is 176 g/mol. The first-order valence-electron chi connectivity index (χ1n) is 2.34. The second kappa shape index (κ2) is 2.82. The zero-order valence-electron chi connectivity index (χ0n) is 4.74. The van der Waals surface area contributed by atoms with Crippen molar-refractivity contribution in [2.75, 3.05) is 0 Å². The van der Waals surface area contributed by atoms with E-state index in [-0.39, 0.29) is 15.9 Å². The van der Waals surface area contributed by atoms with Gasteiger partial charge in [-0.25, -0.2) is 4.68 Å². The average Bonchev–Trinajstić information content (AvgIpc) is 2.13. The van der Waals surface area contributed by atoms with Crippen LogP contribution in [-0.2, 0) is 6.54 Å². The molecule has 0 aliphatic heterocycles. The Labute approximate surface area is 65.3 Å². The number of aromatic nitrogens is 2. The molecule has 0 saturated heterocycles. The van der Waals surface area contributed by atoms with Crippen molar-refractivity contribution in [2.45, 2.75) is 6.54 Å². The highest BCUT2D eigenvalue weighted by atomic mass is 35.5. The topological polar surface area (TPSA) is 58.7 Å². The fourth-order valence-electron chi connectivity index (χ4n) is 0.448. The highest BCUT2D eigenvalue weighted by Crippen LogP contribution is 2.04. The SMILES string of the molecule is N#CCn1nc(Cl)sc1=O. The van der Waals surface area contributed by atoms with Crippen molar-refractivity contribution >= 4 is 22.9 Å². The third-order valence-electron chi connectivity index (χ3n) is 0.802. The van der Waals surface area contributed by atoms with Gasteiger partial charge in [0.2, 0.25) is 4.47 Å². The van der Waals surface area contributed by atoms with Crippen LogP contribution in [0.25, 0.3) is 0 Å². The maximum Gasteiger partial charge on any atom is 0.327 e.